The lowest BCUT2D eigenvalue weighted by Gasteiger charge is -2.34. The lowest BCUT2D eigenvalue weighted by atomic mass is 10.3. The van der Waals surface area contributed by atoms with E-state index in [0.717, 1.165) is 0 Å². The van der Waals surface area contributed by atoms with Crippen molar-refractivity contribution in [3.63, 3.8) is 0 Å². The highest BCUT2D eigenvalue weighted by atomic mass is 35.5. The van der Waals surface area contributed by atoms with E-state index in [9.17, 15) is 9.59 Å². The Morgan fingerprint density at radius 2 is 1.86 bits per heavy atom. The Labute approximate surface area is 139 Å². The van der Waals surface area contributed by atoms with E-state index in [2.05, 4.69) is 0 Å². The standard InChI is InChI=1S/C15H18Cl2N2O3/c1-11(20)9-18-4-6-19(7-5-18)15(21)10-22-14-3-2-12(16)8-13(14)17/h2-3,8H,4-7,9-10H2,1H3. The maximum absolute atomic E-state index is 12.1. The summed E-state index contributed by atoms with van der Waals surface area (Å²) in [7, 11) is 0. The van der Waals surface area contributed by atoms with Crippen LogP contribution in [0.2, 0.25) is 10.0 Å². The van der Waals surface area contributed by atoms with Gasteiger partial charge in [0.2, 0.25) is 0 Å². The molecule has 1 aliphatic rings. The highest BCUT2D eigenvalue weighted by molar-refractivity contribution is 6.35. The first-order chi connectivity index (χ1) is 10.5. The second kappa shape index (κ2) is 7.81. The van der Waals surface area contributed by atoms with E-state index in [-0.39, 0.29) is 18.3 Å². The summed E-state index contributed by atoms with van der Waals surface area (Å²) >= 11 is 11.8. The normalized spacial score (nSPS) is 15.7. The lowest BCUT2D eigenvalue weighted by Crippen LogP contribution is -2.50. The Bertz CT molecular complexity index is 558. The van der Waals surface area contributed by atoms with Crippen molar-refractivity contribution in [3.8, 4) is 5.75 Å². The molecule has 1 heterocycles. The molecule has 0 aliphatic carbocycles. The van der Waals surface area contributed by atoms with Crippen LogP contribution in [0.1, 0.15) is 6.92 Å². The van der Waals surface area contributed by atoms with Gasteiger partial charge in [-0.05, 0) is 25.1 Å². The van der Waals surface area contributed by atoms with Crippen molar-refractivity contribution in [2.45, 2.75) is 6.92 Å². The minimum atomic E-state index is -0.0894. The predicted octanol–water partition coefficient (Wildman–Crippen LogP) is 2.11. The molecule has 0 atom stereocenters. The Kier molecular flexibility index (Phi) is 6.06. The molecule has 0 N–H and O–H groups in total. The summed E-state index contributed by atoms with van der Waals surface area (Å²) in [5.74, 6) is 0.489. The number of ether oxygens (including phenoxy) is 1. The summed E-state index contributed by atoms with van der Waals surface area (Å²) in [6, 6.07) is 4.87. The zero-order chi connectivity index (χ0) is 16.1. The van der Waals surface area contributed by atoms with E-state index in [4.69, 9.17) is 27.9 Å². The highest BCUT2D eigenvalue weighted by Crippen LogP contribution is 2.27. The van der Waals surface area contributed by atoms with E-state index in [0.29, 0.717) is 48.5 Å². The fraction of sp³-hybridized carbons (Fsp3) is 0.467. The van der Waals surface area contributed by atoms with E-state index in [1.165, 1.54) is 0 Å². The van der Waals surface area contributed by atoms with Crippen LogP contribution in [0, 0.1) is 0 Å². The Morgan fingerprint density at radius 1 is 1.18 bits per heavy atom. The fourth-order valence-corrected chi connectivity index (χ4v) is 2.76. The molecule has 1 aromatic rings. The molecular weight excluding hydrogens is 327 g/mol. The molecule has 0 bridgehead atoms. The number of hydrogen-bond acceptors (Lipinski definition) is 4. The number of halogens is 2. The molecule has 22 heavy (non-hydrogen) atoms. The van der Waals surface area contributed by atoms with Gasteiger partial charge in [-0.2, -0.15) is 0 Å². The van der Waals surface area contributed by atoms with Gasteiger partial charge in [0.1, 0.15) is 11.5 Å². The number of rotatable bonds is 5. The van der Waals surface area contributed by atoms with Gasteiger partial charge in [-0.3, -0.25) is 14.5 Å². The van der Waals surface area contributed by atoms with Crippen molar-refractivity contribution in [1.82, 2.24) is 9.80 Å². The van der Waals surface area contributed by atoms with E-state index in [1.54, 1.807) is 30.0 Å². The van der Waals surface area contributed by atoms with Crippen LogP contribution in [-0.4, -0.2) is 60.8 Å². The van der Waals surface area contributed by atoms with Gasteiger partial charge in [0.25, 0.3) is 5.91 Å². The predicted molar refractivity (Wildman–Crippen MR) is 85.7 cm³/mol. The SMILES string of the molecule is CC(=O)CN1CCN(C(=O)COc2ccc(Cl)cc2Cl)CC1. The van der Waals surface area contributed by atoms with Crippen LogP contribution >= 0.6 is 23.2 Å². The number of nitrogens with zero attached hydrogens (tertiary/aromatic N) is 2. The number of hydrogen-bond donors (Lipinski definition) is 0. The second-order valence-corrected chi connectivity index (χ2v) is 6.07. The monoisotopic (exact) mass is 344 g/mol. The number of benzene rings is 1. The van der Waals surface area contributed by atoms with Crippen molar-refractivity contribution >= 4 is 34.9 Å². The molecule has 0 spiro atoms. The van der Waals surface area contributed by atoms with Gasteiger partial charge in [-0.1, -0.05) is 23.2 Å². The third-order valence-electron chi connectivity index (χ3n) is 3.42. The van der Waals surface area contributed by atoms with E-state index >= 15 is 0 Å². The molecular formula is C15H18Cl2N2O3. The van der Waals surface area contributed by atoms with Crippen LogP contribution in [0.25, 0.3) is 0 Å². The van der Waals surface area contributed by atoms with E-state index in [1.807, 2.05) is 4.90 Å². The van der Waals surface area contributed by atoms with Crippen molar-refractivity contribution in [3.05, 3.63) is 28.2 Å². The fourth-order valence-electron chi connectivity index (χ4n) is 2.29. The summed E-state index contributed by atoms with van der Waals surface area (Å²) in [6.07, 6.45) is 0. The first kappa shape index (κ1) is 17.1. The molecule has 1 aromatic carbocycles. The van der Waals surface area contributed by atoms with Gasteiger partial charge in [-0.15, -0.1) is 0 Å². The molecule has 1 saturated heterocycles. The number of carbonyl (C=O) groups excluding carboxylic acids is 2. The summed E-state index contributed by atoms with van der Waals surface area (Å²) in [5, 5.41) is 0.900. The van der Waals surface area contributed by atoms with E-state index < -0.39 is 0 Å². The summed E-state index contributed by atoms with van der Waals surface area (Å²) in [6.45, 7) is 4.56. The summed E-state index contributed by atoms with van der Waals surface area (Å²) in [4.78, 5) is 27.0. The third kappa shape index (κ3) is 4.87. The van der Waals surface area contributed by atoms with Crippen molar-refractivity contribution < 1.29 is 14.3 Å². The molecule has 1 aliphatic heterocycles. The average molecular weight is 345 g/mol. The van der Waals surface area contributed by atoms with Crippen molar-refractivity contribution in [2.75, 3.05) is 39.3 Å². The van der Waals surface area contributed by atoms with Crippen LogP contribution in [-0.2, 0) is 9.59 Å². The second-order valence-electron chi connectivity index (χ2n) is 5.22. The number of Topliss-reactive ketones (excluding diaryl/α,β-unsaturated/α-hetero) is 1. The Balaban J connectivity index is 1.80. The number of ketones is 1. The van der Waals surface area contributed by atoms with Crippen molar-refractivity contribution in [1.29, 1.82) is 0 Å². The van der Waals surface area contributed by atoms with Crippen molar-refractivity contribution in [2.24, 2.45) is 0 Å². The summed E-state index contributed by atoms with van der Waals surface area (Å²) < 4.78 is 5.45. The quantitative estimate of drug-likeness (QED) is 0.820. The lowest BCUT2D eigenvalue weighted by molar-refractivity contribution is -0.135. The van der Waals surface area contributed by atoms with Crippen LogP contribution in [0.3, 0.4) is 0 Å². The van der Waals surface area contributed by atoms with Crippen LogP contribution in [0.5, 0.6) is 5.75 Å². The molecule has 5 nitrogen and oxygen atoms in total. The first-order valence-electron chi connectivity index (χ1n) is 7.03. The Morgan fingerprint density at radius 3 is 2.45 bits per heavy atom. The third-order valence-corrected chi connectivity index (χ3v) is 3.95. The van der Waals surface area contributed by atoms with Gasteiger partial charge in [0.05, 0.1) is 11.6 Å². The number of amides is 1. The topological polar surface area (TPSA) is 49.9 Å². The van der Waals surface area contributed by atoms with Gasteiger partial charge in [0, 0.05) is 31.2 Å². The molecule has 1 fully saturated rings. The molecule has 120 valence electrons. The number of piperazine rings is 1. The minimum Gasteiger partial charge on any atom is -0.482 e. The molecule has 0 radical (unpaired) electrons. The molecule has 0 unspecified atom stereocenters. The molecule has 0 saturated carbocycles. The maximum atomic E-state index is 12.1. The molecule has 0 aromatic heterocycles. The number of carbonyl (C=O) groups is 2. The van der Waals surface area contributed by atoms with Crippen LogP contribution in [0.15, 0.2) is 18.2 Å². The zero-order valence-corrected chi connectivity index (χ0v) is 13.9. The smallest absolute Gasteiger partial charge is 0.260 e. The van der Waals surface area contributed by atoms with Crippen LogP contribution < -0.4 is 4.74 Å². The molecule has 2 rings (SSSR count). The first-order valence-corrected chi connectivity index (χ1v) is 7.78. The Hall–Kier alpha value is -1.30. The molecule has 1 amide bonds. The van der Waals surface area contributed by atoms with Gasteiger partial charge >= 0.3 is 0 Å². The molecule has 7 heteroatoms. The maximum Gasteiger partial charge on any atom is 0.260 e. The van der Waals surface area contributed by atoms with Gasteiger partial charge in [0.15, 0.2) is 6.61 Å². The average Bonchev–Trinajstić information content (AvgIpc) is 2.46. The minimum absolute atomic E-state index is 0.0614. The zero-order valence-electron chi connectivity index (χ0n) is 12.3. The van der Waals surface area contributed by atoms with Crippen LogP contribution in [0.4, 0.5) is 0 Å². The van der Waals surface area contributed by atoms with Gasteiger partial charge < -0.3 is 9.64 Å². The largest absolute Gasteiger partial charge is 0.482 e. The van der Waals surface area contributed by atoms with Gasteiger partial charge in [-0.25, -0.2) is 0 Å². The highest BCUT2D eigenvalue weighted by Gasteiger charge is 2.22. The summed E-state index contributed by atoms with van der Waals surface area (Å²) in [5.41, 5.74) is 0.